The number of halogens is 2. The summed E-state index contributed by atoms with van der Waals surface area (Å²) in [4.78, 5) is 22.1. The van der Waals surface area contributed by atoms with Gasteiger partial charge in [-0.1, -0.05) is 6.07 Å². The van der Waals surface area contributed by atoms with Crippen molar-refractivity contribution in [1.29, 1.82) is 0 Å². The molecule has 0 radical (unpaired) electrons. The van der Waals surface area contributed by atoms with Gasteiger partial charge in [-0.05, 0) is 62.8 Å². The number of aromatic nitrogens is 2. The number of hydrogen-bond donors (Lipinski definition) is 2. The summed E-state index contributed by atoms with van der Waals surface area (Å²) in [5.41, 5.74) is 0.772. The van der Waals surface area contributed by atoms with Crippen LogP contribution in [0.3, 0.4) is 0 Å². The predicted octanol–water partition coefficient (Wildman–Crippen LogP) is 4.40. The number of nitrogens with one attached hydrogen (secondary N) is 2. The first-order valence-corrected chi connectivity index (χ1v) is 10.7. The van der Waals surface area contributed by atoms with Crippen molar-refractivity contribution in [3.8, 4) is 5.75 Å². The van der Waals surface area contributed by atoms with Crippen molar-refractivity contribution in [2.75, 3.05) is 30.8 Å². The second-order valence-corrected chi connectivity index (χ2v) is 7.96. The fourth-order valence-corrected chi connectivity index (χ4v) is 3.71. The van der Waals surface area contributed by atoms with Crippen LogP contribution in [0.2, 0.25) is 0 Å². The maximum absolute atomic E-state index is 13.9. The van der Waals surface area contributed by atoms with Gasteiger partial charge in [0.2, 0.25) is 5.95 Å². The molecule has 7 nitrogen and oxygen atoms in total. The normalized spacial score (nSPS) is 16.3. The molecule has 1 aliphatic rings. The molecule has 1 unspecified atom stereocenters. The zero-order valence-corrected chi connectivity index (χ0v) is 18.2. The fourth-order valence-electron chi connectivity index (χ4n) is 3.71. The second kappa shape index (κ2) is 10.4. The van der Waals surface area contributed by atoms with E-state index in [1.807, 2.05) is 24.3 Å². The lowest BCUT2D eigenvalue weighted by Gasteiger charge is -2.30. The maximum Gasteiger partial charge on any atom is 0.229 e. The number of hydrogen-bond acceptors (Lipinski definition) is 7. The summed E-state index contributed by atoms with van der Waals surface area (Å²) in [5.74, 6) is -0.159. The lowest BCUT2D eigenvalue weighted by molar-refractivity contribution is 0.104. The van der Waals surface area contributed by atoms with Gasteiger partial charge in [-0.15, -0.1) is 0 Å². The smallest absolute Gasteiger partial charge is 0.229 e. The number of likely N-dealkylation sites (tertiary alicyclic amines) is 1. The van der Waals surface area contributed by atoms with E-state index in [9.17, 15) is 13.6 Å². The van der Waals surface area contributed by atoms with Gasteiger partial charge in [-0.25, -0.2) is 13.8 Å². The van der Waals surface area contributed by atoms with Crippen LogP contribution in [0.15, 0.2) is 48.7 Å². The van der Waals surface area contributed by atoms with E-state index >= 15 is 0 Å². The standard InChI is InChI=1S/C24H25F2N5O2/c1-31-11-3-4-19(14-31)33-18-9-7-17(8-10-18)29-24-28-12-16(15-32)23(30-24)27-13-20-21(25)5-2-6-22(20)26/h2,5-10,12,15,19H,3-4,11,13-14H2,1H3,(H2,27,28,29,30). The molecule has 33 heavy (non-hydrogen) atoms. The molecule has 3 aromatic rings. The molecule has 1 fully saturated rings. The molecular weight excluding hydrogens is 428 g/mol. The zero-order valence-electron chi connectivity index (χ0n) is 18.2. The number of ether oxygens (including phenoxy) is 1. The molecule has 1 atom stereocenters. The molecule has 0 saturated carbocycles. The number of aldehydes is 1. The highest BCUT2D eigenvalue weighted by atomic mass is 19.1. The Morgan fingerprint density at radius 1 is 1.18 bits per heavy atom. The van der Waals surface area contributed by atoms with Gasteiger partial charge < -0.3 is 20.3 Å². The van der Waals surface area contributed by atoms with Crippen LogP contribution in [0.25, 0.3) is 0 Å². The molecule has 0 amide bonds. The van der Waals surface area contributed by atoms with Gasteiger partial charge in [0.1, 0.15) is 29.3 Å². The molecule has 0 bridgehead atoms. The van der Waals surface area contributed by atoms with E-state index in [4.69, 9.17) is 4.74 Å². The van der Waals surface area contributed by atoms with Crippen molar-refractivity contribution < 1.29 is 18.3 Å². The second-order valence-electron chi connectivity index (χ2n) is 7.96. The van der Waals surface area contributed by atoms with Crippen LogP contribution in [0, 0.1) is 11.6 Å². The number of likely N-dealkylation sites (N-methyl/N-ethyl adjacent to an activating group) is 1. The number of carbonyl (C=O) groups is 1. The summed E-state index contributed by atoms with van der Waals surface area (Å²) in [6, 6.07) is 11.1. The Morgan fingerprint density at radius 2 is 1.94 bits per heavy atom. The molecule has 172 valence electrons. The van der Waals surface area contributed by atoms with E-state index in [1.165, 1.54) is 24.4 Å². The zero-order chi connectivity index (χ0) is 23.2. The number of rotatable bonds is 8. The number of anilines is 3. The number of nitrogens with zero attached hydrogens (tertiary/aromatic N) is 3. The number of piperidine rings is 1. The van der Waals surface area contributed by atoms with Crippen molar-refractivity contribution >= 4 is 23.7 Å². The van der Waals surface area contributed by atoms with E-state index in [1.54, 1.807) is 0 Å². The Balaban J connectivity index is 1.42. The molecule has 0 aliphatic carbocycles. The average Bonchev–Trinajstić information content (AvgIpc) is 2.80. The van der Waals surface area contributed by atoms with Gasteiger partial charge >= 0.3 is 0 Å². The molecule has 2 N–H and O–H groups in total. The minimum atomic E-state index is -0.676. The highest BCUT2D eigenvalue weighted by Crippen LogP contribution is 2.23. The third-order valence-corrected chi connectivity index (χ3v) is 5.43. The molecule has 2 heterocycles. The van der Waals surface area contributed by atoms with Crippen LogP contribution in [0.5, 0.6) is 5.75 Å². The third-order valence-electron chi connectivity index (χ3n) is 5.43. The first-order valence-electron chi connectivity index (χ1n) is 10.7. The van der Waals surface area contributed by atoms with E-state index in [0.29, 0.717) is 6.29 Å². The highest BCUT2D eigenvalue weighted by Gasteiger charge is 2.18. The molecule has 1 aliphatic heterocycles. The molecule has 4 rings (SSSR count). The largest absolute Gasteiger partial charge is 0.489 e. The lowest BCUT2D eigenvalue weighted by Crippen LogP contribution is -2.38. The van der Waals surface area contributed by atoms with E-state index in [-0.39, 0.29) is 35.5 Å². The Morgan fingerprint density at radius 3 is 2.64 bits per heavy atom. The summed E-state index contributed by atoms with van der Waals surface area (Å²) in [5, 5.41) is 5.88. The van der Waals surface area contributed by atoms with Crippen molar-refractivity contribution in [2.24, 2.45) is 0 Å². The fraction of sp³-hybridized carbons (Fsp3) is 0.292. The van der Waals surface area contributed by atoms with Gasteiger partial charge in [0.25, 0.3) is 0 Å². The topological polar surface area (TPSA) is 79.4 Å². The SMILES string of the molecule is CN1CCCC(Oc2ccc(Nc3ncc(C=O)c(NCc4c(F)cccc4F)n3)cc2)C1. The van der Waals surface area contributed by atoms with E-state index in [2.05, 4.69) is 32.5 Å². The molecule has 9 heteroatoms. The summed E-state index contributed by atoms with van der Waals surface area (Å²) in [6.07, 6.45) is 4.26. The van der Waals surface area contributed by atoms with Crippen molar-refractivity contribution in [2.45, 2.75) is 25.5 Å². The van der Waals surface area contributed by atoms with Crippen molar-refractivity contribution in [3.63, 3.8) is 0 Å². The third kappa shape index (κ3) is 5.81. The van der Waals surface area contributed by atoms with Gasteiger partial charge in [0.15, 0.2) is 6.29 Å². The van der Waals surface area contributed by atoms with Gasteiger partial charge in [-0.3, -0.25) is 4.79 Å². The maximum atomic E-state index is 13.9. The lowest BCUT2D eigenvalue weighted by atomic mass is 10.1. The summed E-state index contributed by atoms with van der Waals surface area (Å²) < 4.78 is 33.9. The minimum Gasteiger partial charge on any atom is -0.489 e. The Kier molecular flexibility index (Phi) is 7.09. The number of benzene rings is 2. The first-order chi connectivity index (χ1) is 16.0. The van der Waals surface area contributed by atoms with Crippen molar-refractivity contribution in [1.82, 2.24) is 14.9 Å². The monoisotopic (exact) mass is 453 g/mol. The van der Waals surface area contributed by atoms with Gasteiger partial charge in [0, 0.05) is 30.5 Å². The Hall–Kier alpha value is -3.59. The van der Waals surface area contributed by atoms with E-state index in [0.717, 1.165) is 37.4 Å². The summed E-state index contributed by atoms with van der Waals surface area (Å²) in [7, 11) is 2.09. The average molecular weight is 453 g/mol. The predicted molar refractivity (Wildman–Crippen MR) is 122 cm³/mol. The molecular formula is C24H25F2N5O2. The Bertz CT molecular complexity index is 1090. The molecule has 1 aromatic heterocycles. The van der Waals surface area contributed by atoms with Crippen LogP contribution in [0.4, 0.5) is 26.2 Å². The molecule has 1 saturated heterocycles. The summed E-state index contributed by atoms with van der Waals surface area (Å²) >= 11 is 0. The van der Waals surface area contributed by atoms with E-state index < -0.39 is 11.6 Å². The quantitative estimate of drug-likeness (QED) is 0.490. The minimum absolute atomic E-state index is 0.137. The molecule has 2 aromatic carbocycles. The van der Waals surface area contributed by atoms with Crippen LogP contribution >= 0.6 is 0 Å². The first kappa shape index (κ1) is 22.6. The Labute approximate surface area is 190 Å². The molecule has 0 spiro atoms. The summed E-state index contributed by atoms with van der Waals surface area (Å²) in [6.45, 7) is 1.83. The number of carbonyl (C=O) groups excluding carboxylic acids is 1. The van der Waals surface area contributed by atoms with Crippen LogP contribution in [-0.4, -0.2) is 47.4 Å². The van der Waals surface area contributed by atoms with Crippen molar-refractivity contribution in [3.05, 3.63) is 71.4 Å². The van der Waals surface area contributed by atoms with Crippen LogP contribution in [-0.2, 0) is 6.54 Å². The van der Waals surface area contributed by atoms with Crippen LogP contribution < -0.4 is 15.4 Å². The highest BCUT2D eigenvalue weighted by molar-refractivity contribution is 5.82. The van der Waals surface area contributed by atoms with Gasteiger partial charge in [-0.2, -0.15) is 4.98 Å². The van der Waals surface area contributed by atoms with Crippen LogP contribution in [0.1, 0.15) is 28.8 Å². The van der Waals surface area contributed by atoms with Gasteiger partial charge in [0.05, 0.1) is 5.56 Å².